The minimum absolute atomic E-state index is 0.0680. The highest BCUT2D eigenvalue weighted by molar-refractivity contribution is 7.86. The van der Waals surface area contributed by atoms with Crippen LogP contribution in [0.1, 0.15) is 26.2 Å². The molecule has 2 heterocycles. The van der Waals surface area contributed by atoms with Crippen LogP contribution >= 0.6 is 0 Å². The van der Waals surface area contributed by atoms with Gasteiger partial charge in [-0.2, -0.15) is 8.78 Å². The van der Waals surface area contributed by atoms with Gasteiger partial charge in [0.1, 0.15) is 0 Å². The molecule has 2 rings (SSSR count). The summed E-state index contributed by atoms with van der Waals surface area (Å²) < 4.78 is 67.3. The third-order valence-corrected chi connectivity index (χ3v) is 4.51. The fourth-order valence-corrected chi connectivity index (χ4v) is 2.87. The Labute approximate surface area is 108 Å². The number of carbonyl (C=O) groups is 1. The van der Waals surface area contributed by atoms with Gasteiger partial charge >= 0.3 is 11.2 Å². The van der Waals surface area contributed by atoms with E-state index in [-0.39, 0.29) is 12.2 Å². The Balaban J connectivity index is 2.00. The average Bonchev–Trinajstić information content (AvgIpc) is 2.88. The van der Waals surface area contributed by atoms with E-state index < -0.39 is 33.4 Å². The highest BCUT2D eigenvalue weighted by Crippen LogP contribution is 2.40. The number of halogens is 2. The van der Waals surface area contributed by atoms with Crippen molar-refractivity contribution in [1.82, 2.24) is 0 Å². The number of esters is 1. The second kappa shape index (κ2) is 4.64. The molecule has 0 amide bonds. The van der Waals surface area contributed by atoms with Crippen molar-refractivity contribution in [3.8, 4) is 0 Å². The van der Waals surface area contributed by atoms with Crippen molar-refractivity contribution >= 4 is 16.1 Å². The van der Waals surface area contributed by atoms with Gasteiger partial charge in [-0.3, -0.25) is 4.79 Å². The number of rotatable bonds is 4. The van der Waals surface area contributed by atoms with Crippen molar-refractivity contribution in [2.45, 2.75) is 49.8 Å². The van der Waals surface area contributed by atoms with Crippen LogP contribution in [0.15, 0.2) is 0 Å². The molecule has 2 aliphatic heterocycles. The lowest BCUT2D eigenvalue weighted by atomic mass is 9.89. The highest BCUT2D eigenvalue weighted by atomic mass is 32.2. The number of carbonyl (C=O) groups excluding carboxylic acids is 1. The van der Waals surface area contributed by atoms with Gasteiger partial charge in [-0.15, -0.1) is 0 Å². The van der Waals surface area contributed by atoms with Crippen molar-refractivity contribution < 1.29 is 36.0 Å². The fourth-order valence-electron chi connectivity index (χ4n) is 2.42. The lowest BCUT2D eigenvalue weighted by Gasteiger charge is -2.27. The summed E-state index contributed by atoms with van der Waals surface area (Å²) in [4.78, 5) is 11.7. The molecular formula is C10H13F2O6S-. The molecule has 4 atom stereocenters. The number of hydrogen-bond donors (Lipinski definition) is 0. The summed E-state index contributed by atoms with van der Waals surface area (Å²) in [6.45, 7) is 0.682. The normalized spacial score (nSPS) is 32.3. The lowest BCUT2D eigenvalue weighted by Crippen LogP contribution is -2.43. The molecular weight excluding hydrogens is 286 g/mol. The Morgan fingerprint density at radius 2 is 2.11 bits per heavy atom. The van der Waals surface area contributed by atoms with Crippen LogP contribution in [-0.4, -0.2) is 42.5 Å². The van der Waals surface area contributed by atoms with E-state index in [2.05, 4.69) is 4.74 Å². The summed E-state index contributed by atoms with van der Waals surface area (Å²) >= 11 is 0. The van der Waals surface area contributed by atoms with Crippen molar-refractivity contribution in [2.75, 3.05) is 0 Å². The van der Waals surface area contributed by atoms with Crippen LogP contribution in [0.25, 0.3) is 0 Å². The van der Waals surface area contributed by atoms with E-state index in [9.17, 15) is 26.5 Å². The molecule has 2 bridgehead atoms. The maximum Gasteiger partial charge on any atom is 0.369 e. The molecule has 2 aliphatic rings. The molecule has 19 heavy (non-hydrogen) atoms. The van der Waals surface area contributed by atoms with Crippen LogP contribution in [0.3, 0.4) is 0 Å². The van der Waals surface area contributed by atoms with Crippen molar-refractivity contribution in [1.29, 1.82) is 0 Å². The Hall–Kier alpha value is -0.800. The average molecular weight is 299 g/mol. The van der Waals surface area contributed by atoms with Gasteiger partial charge in [0.25, 0.3) is 0 Å². The maximum atomic E-state index is 13.2. The second-order valence-corrected chi connectivity index (χ2v) is 6.26. The van der Waals surface area contributed by atoms with Crippen molar-refractivity contribution in [3.63, 3.8) is 0 Å². The van der Waals surface area contributed by atoms with Gasteiger partial charge in [0.2, 0.25) is 0 Å². The summed E-state index contributed by atoms with van der Waals surface area (Å²) in [5.41, 5.74) is 0. The zero-order valence-corrected chi connectivity index (χ0v) is 10.9. The van der Waals surface area contributed by atoms with Crippen molar-refractivity contribution in [3.05, 3.63) is 0 Å². The molecule has 9 heteroatoms. The summed E-state index contributed by atoms with van der Waals surface area (Å²) in [6, 6.07) is 0. The van der Waals surface area contributed by atoms with E-state index in [4.69, 9.17) is 4.74 Å². The van der Waals surface area contributed by atoms with Crippen LogP contribution in [0.5, 0.6) is 0 Å². The molecule has 0 N–H and O–H groups in total. The molecule has 0 radical (unpaired) electrons. The third-order valence-electron chi connectivity index (χ3n) is 3.51. The molecule has 0 aromatic carbocycles. The molecule has 0 aromatic heterocycles. The predicted octanol–water partition coefficient (Wildman–Crippen LogP) is 0.624. The molecule has 0 aliphatic carbocycles. The van der Waals surface area contributed by atoms with E-state index >= 15 is 0 Å². The maximum absolute atomic E-state index is 13.2. The minimum Gasteiger partial charge on any atom is -0.743 e. The van der Waals surface area contributed by atoms with Gasteiger partial charge in [0, 0.05) is 0 Å². The number of ether oxygens (including phenoxy) is 2. The Kier molecular flexibility index (Phi) is 3.56. The van der Waals surface area contributed by atoms with E-state index in [1.54, 1.807) is 0 Å². The first-order valence-corrected chi connectivity index (χ1v) is 7.23. The van der Waals surface area contributed by atoms with E-state index in [1.165, 1.54) is 0 Å². The topological polar surface area (TPSA) is 92.7 Å². The molecule has 110 valence electrons. The van der Waals surface area contributed by atoms with E-state index in [0.717, 1.165) is 6.42 Å². The van der Waals surface area contributed by atoms with E-state index in [1.807, 2.05) is 0 Å². The quantitative estimate of drug-likeness (QED) is 0.558. The standard InChI is InChI=1S/C10H14F2O6S/c1-5(10(11,12)19(14,15)16)17-9(13)7-4-6-2-3-8(7)18-6/h5-8H,2-4H2,1H3,(H,14,15,16)/p-1. The monoisotopic (exact) mass is 299 g/mol. The predicted molar refractivity (Wildman–Crippen MR) is 56.2 cm³/mol. The van der Waals surface area contributed by atoms with Gasteiger partial charge in [-0.25, -0.2) is 8.42 Å². The lowest BCUT2D eigenvalue weighted by molar-refractivity contribution is -0.166. The molecule has 0 aromatic rings. The first kappa shape index (κ1) is 14.6. The van der Waals surface area contributed by atoms with Crippen LogP contribution in [-0.2, 0) is 24.4 Å². The summed E-state index contributed by atoms with van der Waals surface area (Å²) in [6.07, 6.45) is -0.902. The minimum atomic E-state index is -5.87. The van der Waals surface area contributed by atoms with Gasteiger partial charge in [-0.05, 0) is 26.2 Å². The number of fused-ring (bicyclic) bond motifs is 2. The van der Waals surface area contributed by atoms with E-state index in [0.29, 0.717) is 19.8 Å². The molecule has 4 unspecified atom stereocenters. The molecule has 0 saturated carbocycles. The Morgan fingerprint density at radius 1 is 1.47 bits per heavy atom. The molecule has 2 saturated heterocycles. The van der Waals surface area contributed by atoms with Crippen LogP contribution < -0.4 is 0 Å². The van der Waals surface area contributed by atoms with Crippen molar-refractivity contribution in [2.24, 2.45) is 5.92 Å². The molecule has 2 fully saturated rings. The SMILES string of the molecule is CC(OC(=O)C1CC2CCC1O2)C(F)(F)S(=O)(=O)[O-]. The highest BCUT2D eigenvalue weighted by Gasteiger charge is 2.50. The summed E-state index contributed by atoms with van der Waals surface area (Å²) in [7, 11) is -5.87. The van der Waals surface area contributed by atoms with Gasteiger partial charge in [0.05, 0.1) is 18.1 Å². The zero-order valence-electron chi connectivity index (χ0n) is 10.0. The first-order valence-electron chi connectivity index (χ1n) is 5.82. The fraction of sp³-hybridized carbons (Fsp3) is 0.900. The second-order valence-electron chi connectivity index (χ2n) is 4.81. The summed E-state index contributed by atoms with van der Waals surface area (Å²) in [5.74, 6) is -1.60. The summed E-state index contributed by atoms with van der Waals surface area (Å²) in [5, 5.41) is -4.64. The van der Waals surface area contributed by atoms with Gasteiger partial charge < -0.3 is 14.0 Å². The Morgan fingerprint density at radius 3 is 2.53 bits per heavy atom. The van der Waals surface area contributed by atoms with Gasteiger partial charge in [-0.1, -0.05) is 0 Å². The van der Waals surface area contributed by atoms with Crippen LogP contribution in [0, 0.1) is 5.92 Å². The largest absolute Gasteiger partial charge is 0.743 e. The zero-order chi connectivity index (χ0) is 14.4. The number of alkyl halides is 2. The molecule has 0 spiro atoms. The third kappa shape index (κ3) is 2.59. The molecule has 6 nitrogen and oxygen atoms in total. The Bertz CT molecular complexity index is 476. The smallest absolute Gasteiger partial charge is 0.369 e. The van der Waals surface area contributed by atoms with Crippen LogP contribution in [0.4, 0.5) is 8.78 Å². The first-order chi connectivity index (χ1) is 8.63. The van der Waals surface area contributed by atoms with Crippen LogP contribution in [0.2, 0.25) is 0 Å². The van der Waals surface area contributed by atoms with Gasteiger partial charge in [0.15, 0.2) is 16.2 Å². The number of hydrogen-bond acceptors (Lipinski definition) is 6.